The van der Waals surface area contributed by atoms with Crippen molar-refractivity contribution in [3.63, 3.8) is 0 Å². The number of hydrazone groups is 1. The van der Waals surface area contributed by atoms with Gasteiger partial charge in [0.2, 0.25) is 0 Å². The van der Waals surface area contributed by atoms with Crippen LogP contribution >= 0.6 is 11.8 Å². The van der Waals surface area contributed by atoms with Gasteiger partial charge in [-0.3, -0.25) is 9.36 Å². The van der Waals surface area contributed by atoms with Crippen molar-refractivity contribution < 1.29 is 4.79 Å². The van der Waals surface area contributed by atoms with Gasteiger partial charge >= 0.3 is 0 Å². The van der Waals surface area contributed by atoms with E-state index in [9.17, 15) is 4.79 Å². The van der Waals surface area contributed by atoms with Gasteiger partial charge in [-0.15, -0.1) is 10.2 Å². The molecule has 40 heavy (non-hydrogen) atoms. The van der Waals surface area contributed by atoms with Crippen LogP contribution in [-0.4, -0.2) is 32.6 Å². The van der Waals surface area contributed by atoms with E-state index in [0.717, 1.165) is 38.9 Å². The Kier molecular flexibility index (Phi) is 7.50. The molecule has 0 aliphatic rings. The van der Waals surface area contributed by atoms with Crippen LogP contribution in [0.3, 0.4) is 0 Å². The molecule has 0 atom stereocenters. The highest BCUT2D eigenvalue weighted by Gasteiger charge is 2.16. The first-order valence-corrected chi connectivity index (χ1v) is 13.9. The lowest BCUT2D eigenvalue weighted by Gasteiger charge is -2.12. The van der Waals surface area contributed by atoms with Gasteiger partial charge in [-0.05, 0) is 46.0 Å². The largest absolute Gasteiger partial charge is 0.377 e. The Morgan fingerprint density at radius 3 is 2.42 bits per heavy atom. The summed E-state index contributed by atoms with van der Waals surface area (Å²) in [5, 5.41) is 21.8. The minimum Gasteiger partial charge on any atom is -0.377 e. The number of para-hydroxylation sites is 1. The summed E-state index contributed by atoms with van der Waals surface area (Å²) in [4.78, 5) is 12.6. The second-order valence-corrected chi connectivity index (χ2v) is 10.1. The third-order valence-corrected chi connectivity index (χ3v) is 7.38. The molecule has 0 bridgehead atoms. The molecule has 0 spiro atoms. The summed E-state index contributed by atoms with van der Waals surface area (Å²) in [6.45, 7) is 0.471. The second kappa shape index (κ2) is 11.8. The normalized spacial score (nSPS) is 11.3. The van der Waals surface area contributed by atoms with E-state index in [-0.39, 0.29) is 11.7 Å². The van der Waals surface area contributed by atoms with Crippen molar-refractivity contribution in [2.24, 2.45) is 5.10 Å². The van der Waals surface area contributed by atoms with Crippen molar-refractivity contribution in [2.45, 2.75) is 11.7 Å². The van der Waals surface area contributed by atoms with Gasteiger partial charge in [0.1, 0.15) is 0 Å². The van der Waals surface area contributed by atoms with E-state index in [0.29, 0.717) is 11.7 Å². The molecule has 1 amide bonds. The summed E-state index contributed by atoms with van der Waals surface area (Å²) in [5.74, 6) is 0.674. The van der Waals surface area contributed by atoms with Crippen LogP contribution in [0, 0.1) is 0 Å². The molecule has 0 saturated heterocycles. The average Bonchev–Trinajstić information content (AvgIpc) is 3.42. The number of hydrogen-bond donors (Lipinski definition) is 2. The molecule has 1 aromatic heterocycles. The van der Waals surface area contributed by atoms with Gasteiger partial charge in [-0.2, -0.15) is 5.10 Å². The number of nitrogens with one attached hydrogen (secondary N) is 2. The molecule has 0 saturated carbocycles. The molecular weight excluding hydrogens is 516 g/mol. The van der Waals surface area contributed by atoms with Crippen molar-refractivity contribution in [1.82, 2.24) is 20.2 Å². The highest BCUT2D eigenvalue weighted by atomic mass is 32.2. The fraction of sp³-hybridized carbons (Fsp3) is 0.0625. The number of anilines is 1. The fourth-order valence-electron chi connectivity index (χ4n) is 4.53. The molecule has 6 rings (SSSR count). The zero-order chi connectivity index (χ0) is 27.1. The van der Waals surface area contributed by atoms with Gasteiger partial charge in [-0.1, -0.05) is 103 Å². The van der Waals surface area contributed by atoms with Crippen LogP contribution in [0.2, 0.25) is 0 Å². The summed E-state index contributed by atoms with van der Waals surface area (Å²) in [6.07, 6.45) is 1.65. The molecule has 1 heterocycles. The average molecular weight is 543 g/mol. The van der Waals surface area contributed by atoms with Crippen molar-refractivity contribution in [1.29, 1.82) is 0 Å². The summed E-state index contributed by atoms with van der Waals surface area (Å²) in [7, 11) is 0. The Morgan fingerprint density at radius 2 is 1.55 bits per heavy atom. The van der Waals surface area contributed by atoms with Crippen LogP contribution in [0.25, 0.3) is 27.2 Å². The van der Waals surface area contributed by atoms with E-state index < -0.39 is 0 Å². The molecule has 196 valence electrons. The number of rotatable bonds is 9. The molecular formula is C32H26N6OS. The molecule has 0 unspecified atom stereocenters. The molecule has 7 nitrogen and oxygen atoms in total. The summed E-state index contributed by atoms with van der Waals surface area (Å²) in [6, 6.07) is 38.6. The van der Waals surface area contributed by atoms with E-state index in [1.54, 1.807) is 6.21 Å². The van der Waals surface area contributed by atoms with Gasteiger partial charge in [0.05, 0.1) is 18.5 Å². The smallest absolute Gasteiger partial charge is 0.250 e. The van der Waals surface area contributed by atoms with Crippen molar-refractivity contribution in [3.05, 3.63) is 127 Å². The first-order valence-electron chi connectivity index (χ1n) is 12.9. The number of amides is 1. The third-order valence-electron chi connectivity index (χ3n) is 6.45. The number of aromatic nitrogens is 3. The van der Waals surface area contributed by atoms with Crippen LogP contribution in [0.4, 0.5) is 5.69 Å². The Hall–Kier alpha value is -4.95. The number of carbonyl (C=O) groups is 1. The molecule has 0 aliphatic carbocycles. The lowest BCUT2D eigenvalue weighted by Crippen LogP contribution is -2.20. The zero-order valence-electron chi connectivity index (χ0n) is 21.6. The van der Waals surface area contributed by atoms with E-state index in [4.69, 9.17) is 0 Å². The van der Waals surface area contributed by atoms with Crippen LogP contribution in [0.5, 0.6) is 0 Å². The van der Waals surface area contributed by atoms with Crippen molar-refractivity contribution in [2.75, 3.05) is 11.1 Å². The molecule has 5 aromatic carbocycles. The first kappa shape index (κ1) is 25.3. The predicted molar refractivity (Wildman–Crippen MR) is 163 cm³/mol. The summed E-state index contributed by atoms with van der Waals surface area (Å²) < 4.78 is 1.98. The monoisotopic (exact) mass is 542 g/mol. The van der Waals surface area contributed by atoms with Crippen LogP contribution < -0.4 is 10.7 Å². The quantitative estimate of drug-likeness (QED) is 0.125. The lowest BCUT2D eigenvalue weighted by molar-refractivity contribution is -0.118. The molecule has 2 N–H and O–H groups in total. The Morgan fingerprint density at radius 1 is 0.800 bits per heavy atom. The number of hydrogen-bond acceptors (Lipinski definition) is 6. The Balaban J connectivity index is 1.14. The van der Waals surface area contributed by atoms with Gasteiger partial charge in [-0.25, -0.2) is 5.43 Å². The van der Waals surface area contributed by atoms with Crippen LogP contribution in [-0.2, 0) is 11.3 Å². The summed E-state index contributed by atoms with van der Waals surface area (Å²) in [5.41, 5.74) is 5.49. The van der Waals surface area contributed by atoms with E-state index in [2.05, 4.69) is 62.4 Å². The highest BCUT2D eigenvalue weighted by Crippen LogP contribution is 2.26. The van der Waals surface area contributed by atoms with E-state index >= 15 is 0 Å². The van der Waals surface area contributed by atoms with Gasteiger partial charge in [0, 0.05) is 16.8 Å². The molecule has 6 aromatic rings. The number of thioether (sulfide) groups is 1. The number of carbonyl (C=O) groups excluding carboxylic acids is 1. The molecule has 0 radical (unpaired) electrons. The minimum absolute atomic E-state index is 0.150. The summed E-state index contributed by atoms with van der Waals surface area (Å²) >= 11 is 1.32. The second-order valence-electron chi connectivity index (χ2n) is 9.14. The first-order chi connectivity index (χ1) is 19.7. The topological polar surface area (TPSA) is 84.2 Å². The van der Waals surface area contributed by atoms with E-state index in [1.165, 1.54) is 17.1 Å². The standard InChI is InChI=1S/C32H26N6OS/c39-31(36-34-20-23-17-18-24-9-4-5-11-26(24)19-23)22-40-32-37-35-30(38(32)27-13-2-1-3-14-27)21-33-29-16-8-12-25-10-6-7-15-28(25)29/h1-20,33H,21-22H2,(H,36,39)/b34-20+. The Labute approximate surface area is 236 Å². The number of fused-ring (bicyclic) bond motifs is 2. The maximum absolute atomic E-state index is 12.6. The van der Waals surface area contributed by atoms with E-state index in [1.807, 2.05) is 83.4 Å². The van der Waals surface area contributed by atoms with Gasteiger partial charge in [0.25, 0.3) is 5.91 Å². The SMILES string of the molecule is O=C(CSc1nnc(CNc2cccc3ccccc23)n1-c1ccccc1)N/N=C/c1ccc2ccccc2c1. The number of nitrogens with zero attached hydrogens (tertiary/aromatic N) is 4. The molecule has 8 heteroatoms. The van der Waals surface area contributed by atoms with Crippen LogP contribution in [0.15, 0.2) is 126 Å². The van der Waals surface area contributed by atoms with Gasteiger partial charge < -0.3 is 5.32 Å². The maximum atomic E-state index is 12.6. The lowest BCUT2D eigenvalue weighted by atomic mass is 10.1. The third kappa shape index (κ3) is 5.72. The number of benzene rings is 5. The van der Waals surface area contributed by atoms with Crippen molar-refractivity contribution in [3.8, 4) is 5.69 Å². The predicted octanol–water partition coefficient (Wildman–Crippen LogP) is 6.43. The highest BCUT2D eigenvalue weighted by molar-refractivity contribution is 7.99. The van der Waals surface area contributed by atoms with Gasteiger partial charge in [0.15, 0.2) is 11.0 Å². The fourth-order valence-corrected chi connectivity index (χ4v) is 5.29. The Bertz CT molecular complexity index is 1810. The maximum Gasteiger partial charge on any atom is 0.250 e. The van der Waals surface area contributed by atoms with Crippen molar-refractivity contribution >= 4 is 51.1 Å². The van der Waals surface area contributed by atoms with Crippen LogP contribution in [0.1, 0.15) is 11.4 Å². The minimum atomic E-state index is -0.222. The zero-order valence-corrected chi connectivity index (χ0v) is 22.4. The molecule has 0 aliphatic heterocycles. The molecule has 0 fully saturated rings.